The Morgan fingerprint density at radius 2 is 1.44 bits per heavy atom. The smallest absolute Gasteiger partial charge is 0.129 e. The van der Waals surface area contributed by atoms with Crippen LogP contribution in [-0.4, -0.2) is 11.7 Å². The summed E-state index contributed by atoms with van der Waals surface area (Å²) in [5.41, 5.74) is 0.966. The number of aliphatic hydroxyl groups is 1. The first-order valence-corrected chi connectivity index (χ1v) is 11.2. The summed E-state index contributed by atoms with van der Waals surface area (Å²) in [6.45, 7) is 2.25. The SMILES string of the molecule is CCCC1CCC(C2CCC(c3cc(F)c(CCCO)c(F)c3)CC2)CC1. The van der Waals surface area contributed by atoms with Gasteiger partial charge >= 0.3 is 0 Å². The van der Waals surface area contributed by atoms with Crippen LogP contribution in [0.3, 0.4) is 0 Å². The fraction of sp³-hybridized carbons (Fsp3) is 0.750. The van der Waals surface area contributed by atoms with Crippen LogP contribution in [0.25, 0.3) is 0 Å². The standard InChI is InChI=1S/C24H36F2O/c1-2-4-17-6-8-18(9-7-17)19-10-12-20(13-11-19)21-15-23(25)22(5-3-14-27)24(26)16-21/h15-20,27H,2-14H2,1H3. The third kappa shape index (κ3) is 5.31. The second-order valence-corrected chi connectivity index (χ2v) is 8.97. The molecular formula is C24H36F2O. The van der Waals surface area contributed by atoms with Crippen LogP contribution in [0, 0.1) is 29.4 Å². The molecule has 2 saturated carbocycles. The van der Waals surface area contributed by atoms with Gasteiger partial charge in [0.2, 0.25) is 0 Å². The summed E-state index contributed by atoms with van der Waals surface area (Å²) in [5, 5.41) is 8.90. The Morgan fingerprint density at radius 1 is 0.889 bits per heavy atom. The van der Waals surface area contributed by atoms with Crippen LogP contribution in [0.4, 0.5) is 8.78 Å². The van der Waals surface area contributed by atoms with Crippen LogP contribution in [0.15, 0.2) is 12.1 Å². The van der Waals surface area contributed by atoms with Crippen LogP contribution in [-0.2, 0) is 6.42 Å². The normalized spacial score (nSPS) is 29.0. The molecule has 0 aromatic heterocycles. The molecule has 0 saturated heterocycles. The van der Waals surface area contributed by atoms with Crippen molar-refractivity contribution in [3.63, 3.8) is 0 Å². The van der Waals surface area contributed by atoms with Gasteiger partial charge in [0.15, 0.2) is 0 Å². The maximum absolute atomic E-state index is 14.3. The predicted octanol–water partition coefficient (Wildman–Crippen LogP) is 6.77. The Balaban J connectivity index is 1.53. The average molecular weight is 379 g/mol. The molecule has 2 aliphatic rings. The van der Waals surface area contributed by atoms with Gasteiger partial charge in [-0.15, -0.1) is 0 Å². The van der Waals surface area contributed by atoms with Gasteiger partial charge < -0.3 is 5.11 Å². The van der Waals surface area contributed by atoms with Crippen LogP contribution in [0.1, 0.15) is 94.6 Å². The Labute approximate surface area is 163 Å². The zero-order valence-corrected chi connectivity index (χ0v) is 16.9. The van der Waals surface area contributed by atoms with E-state index in [1.54, 1.807) is 12.1 Å². The van der Waals surface area contributed by atoms with Crippen molar-refractivity contribution < 1.29 is 13.9 Å². The molecule has 1 aromatic carbocycles. The van der Waals surface area contributed by atoms with Crippen LogP contribution in [0.2, 0.25) is 0 Å². The third-order valence-electron chi connectivity index (χ3n) is 7.25. The number of rotatable bonds is 7. The molecule has 0 aliphatic heterocycles. The number of halogens is 2. The molecule has 0 amide bonds. The fourth-order valence-electron chi connectivity index (χ4n) is 5.63. The average Bonchev–Trinajstić information content (AvgIpc) is 2.68. The second-order valence-electron chi connectivity index (χ2n) is 8.97. The van der Waals surface area contributed by atoms with Crippen molar-refractivity contribution >= 4 is 0 Å². The monoisotopic (exact) mass is 378 g/mol. The Morgan fingerprint density at radius 3 is 1.96 bits per heavy atom. The molecule has 0 radical (unpaired) electrons. The largest absolute Gasteiger partial charge is 0.396 e. The van der Waals surface area contributed by atoms with Gasteiger partial charge in [-0.1, -0.05) is 32.6 Å². The molecular weight excluding hydrogens is 342 g/mol. The molecule has 3 rings (SSSR count). The lowest BCUT2D eigenvalue weighted by Crippen LogP contribution is -2.25. The summed E-state index contributed by atoms with van der Waals surface area (Å²) in [4.78, 5) is 0. The number of aliphatic hydroxyl groups excluding tert-OH is 1. The first-order chi connectivity index (χ1) is 13.1. The van der Waals surface area contributed by atoms with Gasteiger partial charge in [0, 0.05) is 12.2 Å². The van der Waals surface area contributed by atoms with Gasteiger partial charge in [-0.05, 0) is 92.7 Å². The summed E-state index contributed by atoms with van der Waals surface area (Å²) < 4.78 is 28.7. The fourth-order valence-corrected chi connectivity index (χ4v) is 5.63. The highest BCUT2D eigenvalue weighted by molar-refractivity contribution is 5.29. The quantitative estimate of drug-likeness (QED) is 0.555. The summed E-state index contributed by atoms with van der Waals surface area (Å²) in [6.07, 6.45) is 13.5. The van der Waals surface area contributed by atoms with Crippen molar-refractivity contribution in [1.29, 1.82) is 0 Å². The van der Waals surface area contributed by atoms with Gasteiger partial charge in [-0.2, -0.15) is 0 Å². The van der Waals surface area contributed by atoms with E-state index in [0.29, 0.717) is 12.3 Å². The van der Waals surface area contributed by atoms with Crippen molar-refractivity contribution in [2.45, 2.75) is 89.9 Å². The van der Waals surface area contributed by atoms with E-state index in [1.165, 1.54) is 51.4 Å². The molecule has 0 heterocycles. The molecule has 27 heavy (non-hydrogen) atoms. The highest BCUT2D eigenvalue weighted by Crippen LogP contribution is 2.44. The molecule has 0 spiro atoms. The molecule has 0 atom stereocenters. The molecule has 0 unspecified atom stereocenters. The molecule has 2 fully saturated rings. The molecule has 1 aromatic rings. The number of hydrogen-bond donors (Lipinski definition) is 1. The zero-order chi connectivity index (χ0) is 19.2. The first-order valence-electron chi connectivity index (χ1n) is 11.2. The maximum atomic E-state index is 14.3. The minimum Gasteiger partial charge on any atom is -0.396 e. The molecule has 2 aliphatic carbocycles. The van der Waals surface area contributed by atoms with E-state index >= 15 is 0 Å². The Bertz CT molecular complexity index is 561. The van der Waals surface area contributed by atoms with Gasteiger partial charge in [0.1, 0.15) is 11.6 Å². The van der Waals surface area contributed by atoms with Crippen LogP contribution < -0.4 is 0 Å². The van der Waals surface area contributed by atoms with E-state index in [-0.39, 0.29) is 18.6 Å². The van der Waals surface area contributed by atoms with Crippen molar-refractivity contribution in [3.8, 4) is 0 Å². The maximum Gasteiger partial charge on any atom is 0.129 e. The summed E-state index contributed by atoms with van der Waals surface area (Å²) >= 11 is 0. The number of benzene rings is 1. The van der Waals surface area contributed by atoms with Gasteiger partial charge in [0.25, 0.3) is 0 Å². The Hall–Kier alpha value is -0.960. The van der Waals surface area contributed by atoms with Gasteiger partial charge in [-0.3, -0.25) is 0 Å². The summed E-state index contributed by atoms with van der Waals surface area (Å²) in [6, 6.07) is 3.10. The lowest BCUT2D eigenvalue weighted by molar-refractivity contribution is 0.156. The minimum absolute atomic E-state index is 0.0367. The van der Waals surface area contributed by atoms with E-state index in [0.717, 1.165) is 36.2 Å². The third-order valence-corrected chi connectivity index (χ3v) is 7.25. The lowest BCUT2D eigenvalue weighted by atomic mass is 9.68. The highest BCUT2D eigenvalue weighted by Gasteiger charge is 2.31. The van der Waals surface area contributed by atoms with E-state index in [2.05, 4.69) is 6.92 Å². The van der Waals surface area contributed by atoms with Crippen molar-refractivity contribution in [1.82, 2.24) is 0 Å². The molecule has 3 heteroatoms. The molecule has 1 N–H and O–H groups in total. The molecule has 0 bridgehead atoms. The van der Waals surface area contributed by atoms with Crippen molar-refractivity contribution in [2.24, 2.45) is 17.8 Å². The predicted molar refractivity (Wildman–Crippen MR) is 107 cm³/mol. The van der Waals surface area contributed by atoms with E-state index in [4.69, 9.17) is 5.11 Å². The first kappa shape index (κ1) is 20.8. The molecule has 152 valence electrons. The zero-order valence-electron chi connectivity index (χ0n) is 16.9. The summed E-state index contributed by atoms with van der Waals surface area (Å²) in [5.74, 6) is 2.09. The van der Waals surface area contributed by atoms with E-state index in [9.17, 15) is 8.78 Å². The van der Waals surface area contributed by atoms with Gasteiger partial charge in [-0.25, -0.2) is 8.78 Å². The minimum atomic E-state index is -0.435. The highest BCUT2D eigenvalue weighted by atomic mass is 19.1. The van der Waals surface area contributed by atoms with E-state index in [1.807, 2.05) is 0 Å². The number of hydrogen-bond acceptors (Lipinski definition) is 1. The van der Waals surface area contributed by atoms with Crippen LogP contribution in [0.5, 0.6) is 0 Å². The summed E-state index contributed by atoms with van der Waals surface area (Å²) in [7, 11) is 0. The molecule has 1 nitrogen and oxygen atoms in total. The lowest BCUT2D eigenvalue weighted by Gasteiger charge is -2.38. The Kier molecular flexibility index (Phi) is 7.69. The van der Waals surface area contributed by atoms with Gasteiger partial charge in [0.05, 0.1) is 0 Å². The topological polar surface area (TPSA) is 20.2 Å². The second kappa shape index (κ2) is 10.0. The van der Waals surface area contributed by atoms with Crippen LogP contribution >= 0.6 is 0 Å². The van der Waals surface area contributed by atoms with Crippen molar-refractivity contribution in [2.75, 3.05) is 6.61 Å². The van der Waals surface area contributed by atoms with Crippen molar-refractivity contribution in [3.05, 3.63) is 34.9 Å². The van der Waals surface area contributed by atoms with E-state index < -0.39 is 11.6 Å².